The molecule has 0 aliphatic heterocycles. The first-order valence-corrected chi connectivity index (χ1v) is 12.6. The van der Waals surface area contributed by atoms with Crippen LogP contribution in [-0.4, -0.2) is 28.3 Å². The van der Waals surface area contributed by atoms with Crippen LogP contribution in [0.4, 0.5) is 0 Å². The van der Waals surface area contributed by atoms with Gasteiger partial charge in [-0.25, -0.2) is 10.3 Å². The van der Waals surface area contributed by atoms with E-state index in [4.69, 9.17) is 15.1 Å². The molecule has 0 radical (unpaired) electrons. The van der Waals surface area contributed by atoms with Gasteiger partial charge in [0, 0.05) is 11.6 Å². The van der Waals surface area contributed by atoms with E-state index >= 15 is 0 Å². The van der Waals surface area contributed by atoms with Crippen LogP contribution in [0.5, 0.6) is 5.75 Å². The smallest absolute Gasteiger partial charge is 0.328 e. The lowest BCUT2D eigenvalue weighted by Crippen LogP contribution is -2.47. The summed E-state index contributed by atoms with van der Waals surface area (Å²) in [4.78, 5) is 22.8. The molecule has 0 saturated heterocycles. The number of hydroxylamine groups is 1. The van der Waals surface area contributed by atoms with Crippen molar-refractivity contribution in [1.82, 2.24) is 5.48 Å². The topological polar surface area (TPSA) is 95.9 Å². The minimum atomic E-state index is -0.968. The molecule has 3 aliphatic rings. The summed E-state index contributed by atoms with van der Waals surface area (Å²) in [5.41, 5.74) is 5.89. The van der Waals surface area contributed by atoms with Crippen molar-refractivity contribution in [2.45, 2.75) is 63.4 Å². The van der Waals surface area contributed by atoms with Gasteiger partial charge in [0.25, 0.3) is 5.91 Å². The molecule has 5 unspecified atom stereocenters. The molecule has 35 heavy (non-hydrogen) atoms. The van der Waals surface area contributed by atoms with E-state index in [2.05, 4.69) is 6.07 Å². The van der Waals surface area contributed by atoms with E-state index in [1.165, 1.54) is 37.7 Å². The summed E-state index contributed by atoms with van der Waals surface area (Å²) in [6.07, 6.45) is 10.7. The normalized spacial score (nSPS) is 28.0. The molecule has 184 valence electrons. The fourth-order valence-electron chi connectivity index (χ4n) is 6.91. The van der Waals surface area contributed by atoms with Crippen LogP contribution in [0.2, 0.25) is 0 Å². The Bertz CT molecular complexity index is 1140. The number of aliphatic carboxylic acids is 1. The molecule has 2 aromatic rings. The van der Waals surface area contributed by atoms with Crippen molar-refractivity contribution in [1.29, 1.82) is 0 Å². The highest BCUT2D eigenvalue weighted by atomic mass is 16.5. The van der Waals surface area contributed by atoms with E-state index in [0.29, 0.717) is 0 Å². The summed E-state index contributed by atoms with van der Waals surface area (Å²) < 4.78 is 6.15. The van der Waals surface area contributed by atoms with Gasteiger partial charge in [0.1, 0.15) is 5.75 Å². The Morgan fingerprint density at radius 1 is 1.06 bits per heavy atom. The average Bonchev–Trinajstić information content (AvgIpc) is 2.86. The Morgan fingerprint density at radius 2 is 1.83 bits per heavy atom. The number of fused-ring (bicyclic) bond motifs is 2. The van der Waals surface area contributed by atoms with Crippen molar-refractivity contribution in [3.63, 3.8) is 0 Å². The fourth-order valence-corrected chi connectivity index (χ4v) is 6.91. The first kappa shape index (κ1) is 23.6. The predicted octanol–water partition coefficient (Wildman–Crippen LogP) is 5.58. The first-order valence-electron chi connectivity index (χ1n) is 12.6. The maximum Gasteiger partial charge on any atom is 0.328 e. The lowest BCUT2D eigenvalue weighted by molar-refractivity contribution is -0.135. The number of hydrogen-bond acceptors (Lipinski definition) is 4. The summed E-state index contributed by atoms with van der Waals surface area (Å²) in [5.74, 6) is 1.56. The van der Waals surface area contributed by atoms with E-state index in [-0.39, 0.29) is 5.41 Å². The Morgan fingerprint density at radius 3 is 2.57 bits per heavy atom. The Balaban J connectivity index is 1.52. The third-order valence-corrected chi connectivity index (χ3v) is 8.57. The standard InChI is InChI=1S/C29H33NO5/c1-18(28(33)30-34)35-26-10-9-23(21-6-2-19(3-7-21)5-11-27(31)32)15-25(26)29-13-12-22-8-4-20(16-29)14-24(22)17-29/h2-3,5-7,9-11,15,18,20,22,24,34H,4,8,12-14,16-17H2,1H3,(H,30,33)(H,31,32)/b11-5+. The van der Waals surface area contributed by atoms with Gasteiger partial charge in [-0.15, -0.1) is 0 Å². The van der Waals surface area contributed by atoms with Crippen molar-refractivity contribution in [3.8, 4) is 16.9 Å². The number of rotatable bonds is 7. The molecule has 3 N–H and O–H groups in total. The highest BCUT2D eigenvalue weighted by molar-refractivity contribution is 5.85. The van der Waals surface area contributed by atoms with Crippen LogP contribution in [-0.2, 0) is 15.0 Å². The maximum absolute atomic E-state index is 12.0. The summed E-state index contributed by atoms with van der Waals surface area (Å²) in [6.45, 7) is 1.65. The number of nitrogens with one attached hydrogen (secondary N) is 1. The summed E-state index contributed by atoms with van der Waals surface area (Å²) in [5, 5.41) is 18.0. The highest BCUT2D eigenvalue weighted by Crippen LogP contribution is 2.60. The number of hydrogen-bond donors (Lipinski definition) is 3. The monoisotopic (exact) mass is 475 g/mol. The molecule has 0 aromatic heterocycles. The SMILES string of the molecule is CC(Oc1ccc(-c2ccc(/C=C/C(=O)O)cc2)cc1C12CCC3CCC(CC3C1)C2)C(=O)NO. The van der Waals surface area contributed by atoms with Crippen LogP contribution in [0.15, 0.2) is 48.5 Å². The van der Waals surface area contributed by atoms with Crippen molar-refractivity contribution in [2.75, 3.05) is 0 Å². The zero-order chi connectivity index (χ0) is 24.6. The number of carboxylic acid groups (broad SMARTS) is 1. The van der Waals surface area contributed by atoms with Crippen LogP contribution in [0, 0.1) is 17.8 Å². The van der Waals surface area contributed by atoms with Crippen LogP contribution in [0.25, 0.3) is 17.2 Å². The van der Waals surface area contributed by atoms with Gasteiger partial charge in [0.15, 0.2) is 6.10 Å². The van der Waals surface area contributed by atoms with Crippen molar-refractivity contribution in [3.05, 3.63) is 59.7 Å². The molecule has 3 saturated carbocycles. The largest absolute Gasteiger partial charge is 0.481 e. The van der Waals surface area contributed by atoms with Crippen LogP contribution < -0.4 is 10.2 Å². The minimum absolute atomic E-state index is 0.0510. The lowest BCUT2D eigenvalue weighted by Gasteiger charge is -2.55. The van der Waals surface area contributed by atoms with E-state index in [9.17, 15) is 9.59 Å². The second-order valence-electron chi connectivity index (χ2n) is 10.7. The number of carboxylic acids is 1. The zero-order valence-corrected chi connectivity index (χ0v) is 20.1. The maximum atomic E-state index is 12.0. The summed E-state index contributed by atoms with van der Waals surface area (Å²) >= 11 is 0. The zero-order valence-electron chi connectivity index (χ0n) is 20.1. The number of benzene rings is 2. The summed E-state index contributed by atoms with van der Waals surface area (Å²) in [7, 11) is 0. The quantitative estimate of drug-likeness (QED) is 0.276. The molecular weight excluding hydrogens is 442 g/mol. The van der Waals surface area contributed by atoms with Gasteiger partial charge >= 0.3 is 5.97 Å². The number of amides is 1. The Hall–Kier alpha value is -3.12. The second-order valence-corrected chi connectivity index (χ2v) is 10.7. The average molecular weight is 476 g/mol. The molecule has 0 heterocycles. The molecule has 6 heteroatoms. The summed E-state index contributed by atoms with van der Waals surface area (Å²) in [6, 6.07) is 14.1. The van der Waals surface area contributed by atoms with Gasteiger partial charge in [0.05, 0.1) is 0 Å². The van der Waals surface area contributed by atoms with Gasteiger partial charge in [0.2, 0.25) is 0 Å². The highest BCUT2D eigenvalue weighted by Gasteiger charge is 2.50. The van der Waals surface area contributed by atoms with E-state index in [1.54, 1.807) is 18.5 Å². The van der Waals surface area contributed by atoms with Crippen LogP contribution >= 0.6 is 0 Å². The van der Waals surface area contributed by atoms with Crippen molar-refractivity contribution < 1.29 is 24.6 Å². The van der Waals surface area contributed by atoms with Gasteiger partial charge < -0.3 is 9.84 Å². The van der Waals surface area contributed by atoms with Crippen LogP contribution in [0.1, 0.15) is 63.0 Å². The molecule has 0 spiro atoms. The van der Waals surface area contributed by atoms with Gasteiger partial charge in [-0.1, -0.05) is 36.8 Å². The first-order chi connectivity index (χ1) is 16.9. The molecule has 5 atom stereocenters. The molecule has 1 amide bonds. The molecule has 3 aliphatic carbocycles. The number of ether oxygens (including phenoxy) is 1. The lowest BCUT2D eigenvalue weighted by atomic mass is 9.49. The molecule has 6 nitrogen and oxygen atoms in total. The Kier molecular flexibility index (Phi) is 6.41. The van der Waals surface area contributed by atoms with Crippen molar-refractivity contribution >= 4 is 18.0 Å². The van der Waals surface area contributed by atoms with Gasteiger partial charge in [-0.3, -0.25) is 10.0 Å². The molecule has 5 rings (SSSR count). The van der Waals surface area contributed by atoms with Gasteiger partial charge in [-0.05, 0) is 104 Å². The Labute approximate surface area is 206 Å². The number of carbonyl (C=O) groups is 2. The fraction of sp³-hybridized carbons (Fsp3) is 0.448. The van der Waals surface area contributed by atoms with Gasteiger partial charge in [-0.2, -0.15) is 0 Å². The number of carbonyl (C=O) groups excluding carboxylic acids is 1. The minimum Gasteiger partial charge on any atom is -0.481 e. The van der Waals surface area contributed by atoms with E-state index < -0.39 is 18.0 Å². The molecule has 2 aromatic carbocycles. The van der Waals surface area contributed by atoms with E-state index in [1.807, 2.05) is 36.4 Å². The predicted molar refractivity (Wildman–Crippen MR) is 133 cm³/mol. The third kappa shape index (κ3) is 4.72. The molecule has 3 bridgehead atoms. The third-order valence-electron chi connectivity index (χ3n) is 8.57. The molecule has 3 fully saturated rings. The van der Waals surface area contributed by atoms with E-state index in [0.717, 1.165) is 59.1 Å². The van der Waals surface area contributed by atoms with Crippen molar-refractivity contribution in [2.24, 2.45) is 17.8 Å². The second kappa shape index (κ2) is 9.50. The van der Waals surface area contributed by atoms with Crippen LogP contribution in [0.3, 0.4) is 0 Å². The molecular formula is C29H33NO5.